The molecule has 1 heterocycles. The van der Waals surface area contributed by atoms with E-state index >= 15 is 0 Å². The average Bonchev–Trinajstić information content (AvgIpc) is 2.58. The van der Waals surface area contributed by atoms with Gasteiger partial charge in [-0.3, -0.25) is 0 Å². The average molecular weight is 231 g/mol. The van der Waals surface area contributed by atoms with Crippen LogP contribution in [0.15, 0.2) is 18.2 Å². The number of hydrogen-bond acceptors (Lipinski definition) is 4. The summed E-state index contributed by atoms with van der Waals surface area (Å²) in [5, 5.41) is 3.95. The zero-order valence-electron chi connectivity index (χ0n) is 8.87. The normalized spacial score (nSPS) is 9.57. The van der Waals surface area contributed by atoms with E-state index < -0.39 is 0 Å². The molecule has 1 aromatic heterocycles. The summed E-state index contributed by atoms with van der Waals surface area (Å²) < 4.78 is 6.28. The SMILES string of the molecule is CNc1nc2cc(OC)ccc2s1.[Cl-].[H+]. The van der Waals surface area contributed by atoms with Crippen molar-refractivity contribution in [3.05, 3.63) is 18.2 Å². The highest BCUT2D eigenvalue weighted by Gasteiger charge is 2.02. The van der Waals surface area contributed by atoms with E-state index in [2.05, 4.69) is 10.3 Å². The van der Waals surface area contributed by atoms with Gasteiger partial charge in [-0.1, -0.05) is 11.3 Å². The molecule has 0 aliphatic heterocycles. The maximum Gasteiger partial charge on any atom is 1.00 e. The van der Waals surface area contributed by atoms with E-state index in [1.807, 2.05) is 25.2 Å². The van der Waals surface area contributed by atoms with Gasteiger partial charge in [0.15, 0.2) is 5.13 Å². The highest BCUT2D eigenvalue weighted by atomic mass is 35.5. The molecule has 0 radical (unpaired) electrons. The monoisotopic (exact) mass is 230 g/mol. The van der Waals surface area contributed by atoms with Crippen LogP contribution in [0.3, 0.4) is 0 Å². The number of ether oxygens (including phenoxy) is 1. The number of benzene rings is 1. The van der Waals surface area contributed by atoms with Crippen molar-refractivity contribution in [2.75, 3.05) is 19.5 Å². The van der Waals surface area contributed by atoms with E-state index in [1.54, 1.807) is 18.4 Å². The van der Waals surface area contributed by atoms with Gasteiger partial charge in [0, 0.05) is 13.1 Å². The Hall–Kier alpha value is -1.000. The van der Waals surface area contributed by atoms with Gasteiger partial charge in [-0.2, -0.15) is 0 Å². The lowest BCUT2D eigenvalue weighted by atomic mass is 10.3. The molecule has 0 unspecified atom stereocenters. The van der Waals surface area contributed by atoms with Crippen LogP contribution >= 0.6 is 11.3 Å². The molecule has 0 amide bonds. The Bertz CT molecular complexity index is 433. The highest BCUT2D eigenvalue weighted by Crippen LogP contribution is 2.28. The van der Waals surface area contributed by atoms with Crippen LogP contribution < -0.4 is 22.5 Å². The predicted molar refractivity (Wildman–Crippen MR) is 56.8 cm³/mol. The topological polar surface area (TPSA) is 34.2 Å². The number of halogens is 1. The van der Waals surface area contributed by atoms with E-state index in [4.69, 9.17) is 4.74 Å². The molecular weight excluding hydrogens is 220 g/mol. The minimum atomic E-state index is 0. The molecule has 0 atom stereocenters. The van der Waals surface area contributed by atoms with Gasteiger partial charge in [0.05, 0.1) is 17.3 Å². The molecule has 2 aromatic rings. The second-order valence-electron chi connectivity index (χ2n) is 2.60. The minimum absolute atomic E-state index is 0. The lowest BCUT2D eigenvalue weighted by molar-refractivity contribution is -0.00000293. The summed E-state index contributed by atoms with van der Waals surface area (Å²) in [6.45, 7) is 0. The quantitative estimate of drug-likeness (QED) is 0.753. The summed E-state index contributed by atoms with van der Waals surface area (Å²) in [4.78, 5) is 4.37. The van der Waals surface area contributed by atoms with Gasteiger partial charge in [-0.15, -0.1) is 0 Å². The first-order chi connectivity index (χ1) is 6.33. The van der Waals surface area contributed by atoms with Crippen LogP contribution in [0.2, 0.25) is 0 Å². The summed E-state index contributed by atoms with van der Waals surface area (Å²) >= 11 is 1.64. The zero-order valence-corrected chi connectivity index (χ0v) is 9.45. The fraction of sp³-hybridized carbons (Fsp3) is 0.222. The second kappa shape index (κ2) is 4.48. The van der Waals surface area contributed by atoms with E-state index in [0.29, 0.717) is 0 Å². The Balaban J connectivity index is 0.000000980. The van der Waals surface area contributed by atoms with E-state index in [-0.39, 0.29) is 13.8 Å². The smallest absolute Gasteiger partial charge is 1.00 e. The van der Waals surface area contributed by atoms with E-state index in [9.17, 15) is 0 Å². The molecule has 1 aromatic carbocycles. The maximum absolute atomic E-state index is 5.11. The van der Waals surface area contributed by atoms with Crippen molar-refractivity contribution in [1.29, 1.82) is 0 Å². The van der Waals surface area contributed by atoms with Crippen LogP contribution in [0.4, 0.5) is 5.13 Å². The van der Waals surface area contributed by atoms with Gasteiger partial charge >= 0.3 is 1.43 Å². The highest BCUT2D eigenvalue weighted by molar-refractivity contribution is 7.22. The molecule has 0 aliphatic rings. The van der Waals surface area contributed by atoms with Gasteiger partial charge in [-0.05, 0) is 12.1 Å². The Kier molecular flexibility index (Phi) is 3.55. The van der Waals surface area contributed by atoms with Crippen molar-refractivity contribution in [2.24, 2.45) is 0 Å². The summed E-state index contributed by atoms with van der Waals surface area (Å²) in [5.41, 5.74) is 0.980. The van der Waals surface area contributed by atoms with Gasteiger partial charge < -0.3 is 22.5 Å². The molecule has 2 rings (SSSR count). The first-order valence-corrected chi connectivity index (χ1v) is 4.77. The van der Waals surface area contributed by atoms with Crippen LogP contribution in [0.25, 0.3) is 10.2 Å². The van der Waals surface area contributed by atoms with Crippen molar-refractivity contribution in [3.63, 3.8) is 0 Å². The summed E-state index contributed by atoms with van der Waals surface area (Å²) in [7, 11) is 3.53. The summed E-state index contributed by atoms with van der Waals surface area (Å²) in [6, 6.07) is 5.90. The number of aromatic nitrogens is 1. The molecule has 0 bridgehead atoms. The standard InChI is InChI=1S/C9H10N2OS.ClH/c1-10-9-11-7-5-6(12-2)3-4-8(7)13-9;/h3-5H,1-2H3,(H,10,11);1H. The Morgan fingerprint density at radius 3 is 2.93 bits per heavy atom. The molecule has 1 N–H and O–H groups in total. The van der Waals surface area contributed by atoms with Crippen LogP contribution in [-0.2, 0) is 0 Å². The lowest BCUT2D eigenvalue weighted by Gasteiger charge is -1.96. The van der Waals surface area contributed by atoms with Crippen molar-refractivity contribution in [3.8, 4) is 5.75 Å². The molecule has 0 saturated carbocycles. The van der Waals surface area contributed by atoms with Crippen LogP contribution in [0, 0.1) is 0 Å². The first-order valence-electron chi connectivity index (χ1n) is 3.96. The minimum Gasteiger partial charge on any atom is -1.00 e. The largest absolute Gasteiger partial charge is 1.00 e. The third kappa shape index (κ3) is 1.91. The molecule has 0 aliphatic carbocycles. The van der Waals surface area contributed by atoms with Crippen molar-refractivity contribution < 1.29 is 18.6 Å². The first kappa shape index (κ1) is 11.1. The number of rotatable bonds is 2. The van der Waals surface area contributed by atoms with Gasteiger partial charge in [0.2, 0.25) is 0 Å². The predicted octanol–water partition coefficient (Wildman–Crippen LogP) is -0.537. The molecule has 76 valence electrons. The Morgan fingerprint density at radius 1 is 1.50 bits per heavy atom. The number of hydrogen-bond donors (Lipinski definition) is 1. The van der Waals surface area contributed by atoms with Crippen LogP contribution in [0.5, 0.6) is 5.75 Å². The van der Waals surface area contributed by atoms with Gasteiger partial charge in [0.1, 0.15) is 5.75 Å². The number of anilines is 1. The van der Waals surface area contributed by atoms with E-state index in [0.717, 1.165) is 16.4 Å². The maximum atomic E-state index is 5.11. The Morgan fingerprint density at radius 2 is 2.29 bits per heavy atom. The van der Waals surface area contributed by atoms with Crippen molar-refractivity contribution in [1.82, 2.24) is 4.98 Å². The molecule has 0 spiro atoms. The van der Waals surface area contributed by atoms with Crippen molar-refractivity contribution in [2.45, 2.75) is 0 Å². The van der Waals surface area contributed by atoms with Gasteiger partial charge in [0.25, 0.3) is 0 Å². The molecular formula is C9H11ClN2OS. The zero-order chi connectivity index (χ0) is 9.26. The van der Waals surface area contributed by atoms with Crippen molar-refractivity contribution >= 4 is 26.7 Å². The third-order valence-corrected chi connectivity index (χ3v) is 2.86. The lowest BCUT2D eigenvalue weighted by Crippen LogP contribution is -3.00. The van der Waals surface area contributed by atoms with E-state index in [1.165, 1.54) is 4.70 Å². The molecule has 0 saturated heterocycles. The fourth-order valence-corrected chi connectivity index (χ4v) is 1.94. The third-order valence-electron chi connectivity index (χ3n) is 1.81. The summed E-state index contributed by atoms with van der Waals surface area (Å²) in [6.07, 6.45) is 0. The molecule has 5 heteroatoms. The number of nitrogens with one attached hydrogen (secondary N) is 1. The van der Waals surface area contributed by atoms with Gasteiger partial charge in [-0.25, -0.2) is 4.98 Å². The molecule has 14 heavy (non-hydrogen) atoms. The molecule has 0 fully saturated rings. The second-order valence-corrected chi connectivity index (χ2v) is 3.63. The number of thiazole rings is 1. The number of methoxy groups -OCH3 is 1. The molecule has 3 nitrogen and oxygen atoms in total. The van der Waals surface area contributed by atoms with Crippen LogP contribution in [-0.4, -0.2) is 19.1 Å². The Labute approximate surface area is 94.0 Å². The number of nitrogens with zero attached hydrogens (tertiary/aromatic N) is 1. The number of fused-ring (bicyclic) bond motifs is 1. The fourth-order valence-electron chi connectivity index (χ4n) is 1.14. The summed E-state index contributed by atoms with van der Waals surface area (Å²) in [5.74, 6) is 0.848. The van der Waals surface area contributed by atoms with Crippen LogP contribution in [0.1, 0.15) is 1.43 Å².